The van der Waals surface area contributed by atoms with Crippen molar-refractivity contribution in [2.45, 2.75) is 6.18 Å². The molecule has 23 heavy (non-hydrogen) atoms. The normalized spacial score (nSPS) is 11.5. The second kappa shape index (κ2) is 6.09. The molecule has 0 aliphatic carbocycles. The molecule has 0 saturated carbocycles. The lowest BCUT2D eigenvalue weighted by Gasteiger charge is -2.14. The molecule has 0 aliphatic rings. The molecule has 0 atom stereocenters. The third kappa shape index (κ3) is 3.25. The summed E-state index contributed by atoms with van der Waals surface area (Å²) in [7, 11) is 0. The zero-order valence-corrected chi connectivity index (χ0v) is 12.6. The Morgan fingerprint density at radius 1 is 0.826 bits per heavy atom. The predicted molar refractivity (Wildman–Crippen MR) is 86.2 cm³/mol. The van der Waals surface area contributed by atoms with Crippen molar-refractivity contribution >= 4 is 11.6 Å². The molecular weight excluding hydrogens is 321 g/mol. The van der Waals surface area contributed by atoms with E-state index in [4.69, 9.17) is 11.6 Å². The second-order valence-electron chi connectivity index (χ2n) is 5.03. The van der Waals surface area contributed by atoms with Crippen LogP contribution in [0.4, 0.5) is 13.2 Å². The summed E-state index contributed by atoms with van der Waals surface area (Å²) in [4.78, 5) is 0. The monoisotopic (exact) mass is 331 g/mol. The average Bonchev–Trinajstić information content (AvgIpc) is 2.55. The van der Waals surface area contributed by atoms with E-state index >= 15 is 0 Å². The molecule has 0 unspecified atom stereocenters. The first-order valence-electron chi connectivity index (χ1n) is 6.89. The fourth-order valence-electron chi connectivity index (χ4n) is 2.45. The van der Waals surface area contributed by atoms with Gasteiger partial charge in [-0.1, -0.05) is 66.2 Å². The Morgan fingerprint density at radius 3 is 2.22 bits per heavy atom. The standard InChI is InChI=1S/C19H11ClF3/c20-18-12-14(10-11-16(18)13-6-2-1-3-7-13)15-8-4-5-9-17(15)19(21,22)23/h1-4,6-12H. The van der Waals surface area contributed by atoms with Crippen LogP contribution in [0.5, 0.6) is 0 Å². The van der Waals surface area contributed by atoms with Gasteiger partial charge in [0, 0.05) is 10.6 Å². The van der Waals surface area contributed by atoms with E-state index in [1.165, 1.54) is 12.1 Å². The third-order valence-electron chi connectivity index (χ3n) is 3.53. The van der Waals surface area contributed by atoms with Gasteiger partial charge in [0.2, 0.25) is 0 Å². The Balaban J connectivity index is 2.09. The van der Waals surface area contributed by atoms with Crippen molar-refractivity contribution in [2.75, 3.05) is 0 Å². The maximum atomic E-state index is 13.1. The van der Waals surface area contributed by atoms with Crippen molar-refractivity contribution in [3.8, 4) is 22.3 Å². The number of hydrogen-bond acceptors (Lipinski definition) is 0. The van der Waals surface area contributed by atoms with Gasteiger partial charge in [-0.25, -0.2) is 0 Å². The zero-order chi connectivity index (χ0) is 16.4. The van der Waals surface area contributed by atoms with E-state index in [1.54, 1.807) is 18.2 Å². The quantitative estimate of drug-likeness (QED) is 0.503. The molecule has 0 bridgehead atoms. The molecule has 0 amide bonds. The van der Waals surface area contributed by atoms with E-state index in [-0.39, 0.29) is 5.56 Å². The molecule has 4 heteroatoms. The van der Waals surface area contributed by atoms with Crippen LogP contribution < -0.4 is 0 Å². The lowest BCUT2D eigenvalue weighted by Crippen LogP contribution is -2.06. The van der Waals surface area contributed by atoms with Gasteiger partial charge in [0.15, 0.2) is 0 Å². The predicted octanol–water partition coefficient (Wildman–Crippen LogP) is 6.49. The van der Waals surface area contributed by atoms with Crippen LogP contribution in [0.2, 0.25) is 5.02 Å². The van der Waals surface area contributed by atoms with Gasteiger partial charge in [0.05, 0.1) is 5.56 Å². The SMILES string of the molecule is FC(F)(F)c1c[c]ccc1-c1ccc(-c2ccccc2)c(Cl)c1. The zero-order valence-electron chi connectivity index (χ0n) is 11.9. The van der Waals surface area contributed by atoms with Crippen molar-refractivity contribution in [3.63, 3.8) is 0 Å². The van der Waals surface area contributed by atoms with Crippen molar-refractivity contribution in [1.29, 1.82) is 0 Å². The summed E-state index contributed by atoms with van der Waals surface area (Å²) >= 11 is 6.29. The summed E-state index contributed by atoms with van der Waals surface area (Å²) in [6.07, 6.45) is -4.43. The highest BCUT2D eigenvalue weighted by Crippen LogP contribution is 2.39. The van der Waals surface area contributed by atoms with Gasteiger partial charge in [0.1, 0.15) is 0 Å². The number of hydrogen-bond donors (Lipinski definition) is 0. The molecule has 0 saturated heterocycles. The first kappa shape index (κ1) is 15.6. The van der Waals surface area contributed by atoms with Crippen LogP contribution >= 0.6 is 11.6 Å². The van der Waals surface area contributed by atoms with Gasteiger partial charge in [-0.05, 0) is 34.9 Å². The first-order valence-corrected chi connectivity index (χ1v) is 7.27. The van der Waals surface area contributed by atoms with Gasteiger partial charge in [-0.15, -0.1) is 0 Å². The minimum atomic E-state index is -4.43. The van der Waals surface area contributed by atoms with E-state index in [2.05, 4.69) is 6.07 Å². The van der Waals surface area contributed by atoms with Crippen LogP contribution in [0.1, 0.15) is 5.56 Å². The first-order chi connectivity index (χ1) is 11.0. The van der Waals surface area contributed by atoms with Crippen molar-refractivity contribution in [3.05, 3.63) is 83.4 Å². The van der Waals surface area contributed by atoms with Gasteiger partial charge in [-0.2, -0.15) is 13.2 Å². The Hall–Kier alpha value is -2.26. The van der Waals surface area contributed by atoms with Gasteiger partial charge < -0.3 is 0 Å². The van der Waals surface area contributed by atoms with Crippen molar-refractivity contribution < 1.29 is 13.2 Å². The van der Waals surface area contributed by atoms with Crippen molar-refractivity contribution in [1.82, 2.24) is 0 Å². The van der Waals surface area contributed by atoms with Crippen LogP contribution in [0.25, 0.3) is 22.3 Å². The molecule has 1 radical (unpaired) electrons. The number of halogens is 4. The van der Waals surface area contributed by atoms with Crippen LogP contribution in [0, 0.1) is 6.07 Å². The van der Waals surface area contributed by atoms with Crippen LogP contribution in [-0.2, 0) is 6.18 Å². The number of benzene rings is 3. The third-order valence-corrected chi connectivity index (χ3v) is 3.85. The lowest BCUT2D eigenvalue weighted by atomic mass is 9.96. The maximum absolute atomic E-state index is 13.1. The van der Waals surface area contributed by atoms with Crippen LogP contribution in [0.15, 0.2) is 66.7 Å². The molecule has 115 valence electrons. The molecular formula is C19H11ClF3. The largest absolute Gasteiger partial charge is 0.417 e. The summed E-state index contributed by atoms with van der Waals surface area (Å²) in [6, 6.07) is 20.7. The Bertz CT molecular complexity index is 824. The van der Waals surface area contributed by atoms with Crippen molar-refractivity contribution in [2.24, 2.45) is 0 Å². The Kier molecular flexibility index (Phi) is 4.14. The molecule has 0 fully saturated rings. The topological polar surface area (TPSA) is 0 Å². The van der Waals surface area contributed by atoms with Crippen LogP contribution in [-0.4, -0.2) is 0 Å². The molecule has 3 aromatic rings. The highest BCUT2D eigenvalue weighted by atomic mass is 35.5. The highest BCUT2D eigenvalue weighted by molar-refractivity contribution is 6.33. The molecule has 0 spiro atoms. The van der Waals surface area contributed by atoms with Crippen LogP contribution in [0.3, 0.4) is 0 Å². The molecule has 0 N–H and O–H groups in total. The average molecular weight is 332 g/mol. The smallest absolute Gasteiger partial charge is 0.166 e. The van der Waals surface area contributed by atoms with Gasteiger partial charge >= 0.3 is 6.18 Å². The Labute approximate surface area is 137 Å². The fourth-order valence-corrected chi connectivity index (χ4v) is 2.74. The van der Waals surface area contributed by atoms with E-state index in [0.29, 0.717) is 10.6 Å². The summed E-state index contributed by atoms with van der Waals surface area (Å²) in [5.74, 6) is 0. The summed E-state index contributed by atoms with van der Waals surface area (Å²) in [5.41, 5.74) is 1.51. The molecule has 0 nitrogen and oxygen atoms in total. The highest BCUT2D eigenvalue weighted by Gasteiger charge is 2.33. The van der Waals surface area contributed by atoms with Gasteiger partial charge in [0.25, 0.3) is 0 Å². The molecule has 3 aromatic carbocycles. The number of rotatable bonds is 2. The number of alkyl halides is 3. The van der Waals surface area contributed by atoms with E-state index in [0.717, 1.165) is 17.2 Å². The fraction of sp³-hybridized carbons (Fsp3) is 0.0526. The van der Waals surface area contributed by atoms with Gasteiger partial charge in [-0.3, -0.25) is 0 Å². The summed E-state index contributed by atoms with van der Waals surface area (Å²) in [6.45, 7) is 0. The molecule has 0 heterocycles. The molecule has 0 aliphatic heterocycles. The van der Waals surface area contributed by atoms with E-state index in [9.17, 15) is 13.2 Å². The summed E-state index contributed by atoms with van der Waals surface area (Å²) < 4.78 is 39.4. The van der Waals surface area contributed by atoms with E-state index < -0.39 is 11.7 Å². The summed E-state index contributed by atoms with van der Waals surface area (Å²) in [5, 5.41) is 0.412. The van der Waals surface area contributed by atoms with E-state index in [1.807, 2.05) is 30.3 Å². The minimum absolute atomic E-state index is 0.0951. The lowest BCUT2D eigenvalue weighted by molar-refractivity contribution is -0.137. The minimum Gasteiger partial charge on any atom is -0.166 e. The molecule has 0 aromatic heterocycles. The molecule has 3 rings (SSSR count). The Morgan fingerprint density at radius 2 is 1.57 bits per heavy atom. The maximum Gasteiger partial charge on any atom is 0.417 e. The second-order valence-corrected chi connectivity index (χ2v) is 5.44.